The van der Waals surface area contributed by atoms with Crippen molar-refractivity contribution in [2.75, 3.05) is 13.2 Å². The molecule has 0 aromatic rings. The number of aliphatic hydroxyl groups excluding tert-OH is 2. The topological polar surface area (TPSA) is 95.9 Å². The number of amides is 1. The van der Waals surface area contributed by atoms with Crippen LogP contribution in [0.1, 0.15) is 239 Å². The van der Waals surface area contributed by atoms with Crippen molar-refractivity contribution in [2.24, 2.45) is 0 Å². The van der Waals surface area contributed by atoms with Crippen molar-refractivity contribution in [1.29, 1.82) is 0 Å². The van der Waals surface area contributed by atoms with Gasteiger partial charge in [0.25, 0.3) is 0 Å². The molecule has 0 aliphatic carbocycles. The Kier molecular flexibility index (Phi) is 41.7. The van der Waals surface area contributed by atoms with E-state index in [1.165, 1.54) is 154 Å². The minimum atomic E-state index is -0.851. The number of esters is 1. The van der Waals surface area contributed by atoms with Crippen LogP contribution >= 0.6 is 0 Å². The third-order valence-electron chi connectivity index (χ3n) is 10.5. The van der Waals surface area contributed by atoms with Gasteiger partial charge in [0.15, 0.2) is 0 Å². The average molecular weight is 748 g/mol. The number of hydrogen-bond donors (Lipinski definition) is 3. The van der Waals surface area contributed by atoms with Crippen molar-refractivity contribution in [3.05, 3.63) is 24.3 Å². The SMILES string of the molecule is CCCC/C=C\CCCCCCCC(=O)OCCCCCCCCCCCCCCCC(=O)NC(CO)C(O)/C=C/CCCCCCCCCCCC. The number of carbonyl (C=O) groups is 2. The molecule has 2 atom stereocenters. The van der Waals surface area contributed by atoms with Gasteiger partial charge in [-0.2, -0.15) is 0 Å². The summed E-state index contributed by atoms with van der Waals surface area (Å²) in [6, 6.07) is -0.636. The number of carbonyl (C=O) groups excluding carboxylic acids is 2. The number of hydrogen-bond acceptors (Lipinski definition) is 5. The summed E-state index contributed by atoms with van der Waals surface area (Å²) >= 11 is 0. The second-order valence-corrected chi connectivity index (χ2v) is 15.7. The zero-order chi connectivity index (χ0) is 38.7. The molecule has 0 aliphatic heterocycles. The van der Waals surface area contributed by atoms with Crippen molar-refractivity contribution in [3.63, 3.8) is 0 Å². The van der Waals surface area contributed by atoms with Gasteiger partial charge in [0.2, 0.25) is 5.91 Å². The quantitative estimate of drug-likeness (QED) is 0.0328. The molecule has 0 aromatic carbocycles. The van der Waals surface area contributed by atoms with Gasteiger partial charge in [-0.1, -0.05) is 199 Å². The van der Waals surface area contributed by atoms with E-state index < -0.39 is 12.1 Å². The van der Waals surface area contributed by atoms with Crippen LogP contribution in [0.15, 0.2) is 24.3 Å². The number of nitrogens with one attached hydrogen (secondary N) is 1. The third kappa shape index (κ3) is 39.8. The molecule has 2 unspecified atom stereocenters. The molecule has 0 bridgehead atoms. The van der Waals surface area contributed by atoms with Crippen LogP contribution in [0, 0.1) is 0 Å². The standard InChI is InChI=1S/C47H89NO5/c1-3-5-7-9-11-13-15-20-23-27-31-35-39-45(50)44(43-49)48-46(51)40-36-32-28-24-21-17-16-18-22-26-30-34-38-42-53-47(52)41-37-33-29-25-19-14-12-10-8-6-4-2/h10,12,35,39,44-45,49-50H,3-9,11,13-34,36-38,40-43H2,1-2H3,(H,48,51)/b12-10-,39-35+. The molecule has 0 saturated heterocycles. The van der Waals surface area contributed by atoms with Gasteiger partial charge >= 0.3 is 5.97 Å². The van der Waals surface area contributed by atoms with E-state index >= 15 is 0 Å². The van der Waals surface area contributed by atoms with Gasteiger partial charge in [-0.05, 0) is 51.4 Å². The zero-order valence-corrected chi connectivity index (χ0v) is 35.2. The molecule has 0 spiro atoms. The molecule has 53 heavy (non-hydrogen) atoms. The molecule has 1 amide bonds. The van der Waals surface area contributed by atoms with Gasteiger partial charge < -0.3 is 20.3 Å². The minimum absolute atomic E-state index is 0.0188. The fourth-order valence-electron chi connectivity index (χ4n) is 6.85. The highest BCUT2D eigenvalue weighted by Crippen LogP contribution is 2.15. The van der Waals surface area contributed by atoms with E-state index in [9.17, 15) is 19.8 Å². The summed E-state index contributed by atoms with van der Waals surface area (Å²) in [7, 11) is 0. The Labute approximate surface area is 329 Å². The summed E-state index contributed by atoms with van der Waals surface area (Å²) in [6.07, 6.45) is 48.7. The van der Waals surface area contributed by atoms with Crippen LogP contribution in [0.4, 0.5) is 0 Å². The molecule has 0 aliphatic rings. The summed E-state index contributed by atoms with van der Waals surface area (Å²) in [6.45, 7) is 4.81. The highest BCUT2D eigenvalue weighted by molar-refractivity contribution is 5.76. The lowest BCUT2D eigenvalue weighted by molar-refractivity contribution is -0.143. The van der Waals surface area contributed by atoms with E-state index in [2.05, 4.69) is 31.3 Å². The normalized spacial score (nSPS) is 12.9. The summed E-state index contributed by atoms with van der Waals surface area (Å²) in [4.78, 5) is 24.3. The molecule has 0 fully saturated rings. The molecule has 6 heteroatoms. The fourth-order valence-corrected chi connectivity index (χ4v) is 6.85. The lowest BCUT2D eigenvalue weighted by Gasteiger charge is -2.20. The average Bonchev–Trinajstić information content (AvgIpc) is 3.16. The first kappa shape index (κ1) is 51.3. The van der Waals surface area contributed by atoms with Crippen molar-refractivity contribution in [3.8, 4) is 0 Å². The minimum Gasteiger partial charge on any atom is -0.466 e. The number of aliphatic hydroxyl groups is 2. The molecule has 0 aromatic heterocycles. The Morgan fingerprint density at radius 2 is 0.906 bits per heavy atom. The molecule has 0 saturated carbocycles. The molecule has 6 nitrogen and oxygen atoms in total. The largest absolute Gasteiger partial charge is 0.466 e. The Balaban J connectivity index is 3.50. The van der Waals surface area contributed by atoms with Crippen molar-refractivity contribution < 1.29 is 24.5 Å². The number of allylic oxidation sites excluding steroid dienone is 3. The predicted octanol–water partition coefficient (Wildman–Crippen LogP) is 13.2. The maximum absolute atomic E-state index is 12.4. The van der Waals surface area contributed by atoms with E-state index in [-0.39, 0.29) is 18.5 Å². The highest BCUT2D eigenvalue weighted by atomic mass is 16.5. The van der Waals surface area contributed by atoms with Crippen LogP contribution in [-0.4, -0.2) is 47.4 Å². The molecule has 0 heterocycles. The van der Waals surface area contributed by atoms with Crippen LogP contribution in [0.3, 0.4) is 0 Å². The zero-order valence-electron chi connectivity index (χ0n) is 35.2. The number of ether oxygens (including phenoxy) is 1. The Morgan fingerprint density at radius 3 is 1.40 bits per heavy atom. The maximum Gasteiger partial charge on any atom is 0.305 e. The van der Waals surface area contributed by atoms with Crippen molar-refractivity contribution in [1.82, 2.24) is 5.32 Å². The summed E-state index contributed by atoms with van der Waals surface area (Å²) in [5.41, 5.74) is 0. The van der Waals surface area contributed by atoms with E-state index in [0.29, 0.717) is 19.4 Å². The van der Waals surface area contributed by atoms with Crippen LogP contribution in [0.25, 0.3) is 0 Å². The van der Waals surface area contributed by atoms with E-state index in [4.69, 9.17) is 4.74 Å². The number of unbranched alkanes of at least 4 members (excludes halogenated alkanes) is 29. The second kappa shape index (κ2) is 43.1. The van der Waals surface area contributed by atoms with Crippen LogP contribution < -0.4 is 5.32 Å². The predicted molar refractivity (Wildman–Crippen MR) is 227 cm³/mol. The lowest BCUT2D eigenvalue weighted by atomic mass is 10.0. The molecule has 3 N–H and O–H groups in total. The Bertz CT molecular complexity index is 828. The van der Waals surface area contributed by atoms with Gasteiger partial charge in [-0.3, -0.25) is 9.59 Å². The fraction of sp³-hybridized carbons (Fsp3) is 0.872. The van der Waals surface area contributed by atoms with E-state index in [0.717, 1.165) is 57.8 Å². The molecular formula is C47H89NO5. The summed E-state index contributed by atoms with van der Waals surface area (Å²) < 4.78 is 5.43. The van der Waals surface area contributed by atoms with Gasteiger partial charge in [0, 0.05) is 12.8 Å². The van der Waals surface area contributed by atoms with Crippen LogP contribution in [-0.2, 0) is 14.3 Å². The highest BCUT2D eigenvalue weighted by Gasteiger charge is 2.18. The monoisotopic (exact) mass is 748 g/mol. The Morgan fingerprint density at radius 1 is 0.509 bits per heavy atom. The third-order valence-corrected chi connectivity index (χ3v) is 10.5. The van der Waals surface area contributed by atoms with Crippen molar-refractivity contribution in [2.45, 2.75) is 251 Å². The van der Waals surface area contributed by atoms with Crippen molar-refractivity contribution >= 4 is 11.9 Å². The van der Waals surface area contributed by atoms with Crippen LogP contribution in [0.5, 0.6) is 0 Å². The maximum atomic E-state index is 12.4. The molecular weight excluding hydrogens is 659 g/mol. The Hall–Kier alpha value is -1.66. The van der Waals surface area contributed by atoms with E-state index in [1.807, 2.05) is 6.08 Å². The molecule has 312 valence electrons. The summed E-state index contributed by atoms with van der Waals surface area (Å²) in [5, 5.41) is 22.9. The molecule has 0 radical (unpaired) electrons. The smallest absolute Gasteiger partial charge is 0.305 e. The van der Waals surface area contributed by atoms with Gasteiger partial charge in [-0.25, -0.2) is 0 Å². The van der Waals surface area contributed by atoms with Crippen LogP contribution in [0.2, 0.25) is 0 Å². The molecule has 0 rings (SSSR count). The second-order valence-electron chi connectivity index (χ2n) is 15.7. The van der Waals surface area contributed by atoms with E-state index in [1.54, 1.807) is 6.08 Å². The first-order valence-electron chi connectivity index (χ1n) is 23.1. The van der Waals surface area contributed by atoms with Gasteiger partial charge in [0.05, 0.1) is 25.4 Å². The van der Waals surface area contributed by atoms with Gasteiger partial charge in [-0.15, -0.1) is 0 Å². The first-order valence-corrected chi connectivity index (χ1v) is 23.1. The summed E-state index contributed by atoms with van der Waals surface area (Å²) in [5.74, 6) is -0.102. The first-order chi connectivity index (χ1) is 26.0. The lowest BCUT2D eigenvalue weighted by Crippen LogP contribution is -2.45. The van der Waals surface area contributed by atoms with Gasteiger partial charge in [0.1, 0.15) is 0 Å². The number of rotatable bonds is 42.